The smallest absolute Gasteiger partial charge is 0.243 e. The monoisotopic (exact) mass is 382 g/mol. The molecule has 136 valence electrons. The van der Waals surface area contributed by atoms with E-state index in [1.807, 2.05) is 43.3 Å². The number of hydrogen-bond donors (Lipinski definition) is 1. The average Bonchev–Trinajstić information content (AvgIpc) is 2.62. The summed E-state index contributed by atoms with van der Waals surface area (Å²) in [7, 11) is -1.96. The summed E-state index contributed by atoms with van der Waals surface area (Å²) in [6.45, 7) is 3.57. The Labute approximate surface area is 155 Å². The number of methoxy groups -OCH3 is 1. The van der Waals surface area contributed by atoms with Gasteiger partial charge in [-0.25, -0.2) is 8.42 Å². The number of halogens is 1. The molecular formula is C18H23ClN2O3S. The first-order chi connectivity index (χ1) is 11.5. The maximum Gasteiger partial charge on any atom is 0.243 e. The van der Waals surface area contributed by atoms with Crippen molar-refractivity contribution in [3.05, 3.63) is 59.7 Å². The zero-order valence-corrected chi connectivity index (χ0v) is 15.9. The van der Waals surface area contributed by atoms with Gasteiger partial charge in [-0.2, -0.15) is 4.31 Å². The molecule has 0 aromatic heterocycles. The lowest BCUT2D eigenvalue weighted by atomic mass is 10.0. The minimum atomic E-state index is -3.56. The molecule has 0 bridgehead atoms. The lowest BCUT2D eigenvalue weighted by molar-refractivity contribution is 0.264. The van der Waals surface area contributed by atoms with Crippen LogP contribution in [0.15, 0.2) is 53.4 Å². The van der Waals surface area contributed by atoms with Crippen LogP contribution in [0.5, 0.6) is 5.75 Å². The second-order valence-electron chi connectivity index (χ2n) is 5.89. The van der Waals surface area contributed by atoms with Crippen LogP contribution in [0.1, 0.15) is 17.2 Å². The molecule has 1 atom stereocenters. The predicted molar refractivity (Wildman–Crippen MR) is 101 cm³/mol. The van der Waals surface area contributed by atoms with Gasteiger partial charge in [0.1, 0.15) is 5.75 Å². The van der Waals surface area contributed by atoms with Gasteiger partial charge in [0, 0.05) is 25.2 Å². The Hall–Kier alpha value is -1.60. The molecule has 5 nitrogen and oxygen atoms in total. The second-order valence-corrected chi connectivity index (χ2v) is 7.78. The maximum absolute atomic E-state index is 13.1. The highest BCUT2D eigenvalue weighted by atomic mass is 35.5. The molecule has 0 spiro atoms. The number of nitrogens with zero attached hydrogens (tertiary/aromatic N) is 1. The Morgan fingerprint density at radius 2 is 1.80 bits per heavy atom. The van der Waals surface area contributed by atoms with Crippen molar-refractivity contribution in [2.75, 3.05) is 26.7 Å². The molecule has 3 rings (SSSR count). The highest BCUT2D eigenvalue weighted by Crippen LogP contribution is 2.33. The van der Waals surface area contributed by atoms with E-state index in [4.69, 9.17) is 4.74 Å². The third-order valence-electron chi connectivity index (χ3n) is 4.32. The van der Waals surface area contributed by atoms with Crippen LogP contribution in [0.2, 0.25) is 0 Å². The van der Waals surface area contributed by atoms with E-state index in [1.54, 1.807) is 23.5 Å². The van der Waals surface area contributed by atoms with E-state index in [0.717, 1.165) is 11.1 Å². The van der Waals surface area contributed by atoms with Crippen LogP contribution in [-0.4, -0.2) is 39.5 Å². The molecule has 7 heteroatoms. The number of piperazine rings is 1. The molecule has 1 heterocycles. The van der Waals surface area contributed by atoms with E-state index in [1.165, 1.54) is 0 Å². The van der Waals surface area contributed by atoms with Gasteiger partial charge in [-0.3, -0.25) is 0 Å². The van der Waals surface area contributed by atoms with Crippen LogP contribution in [0, 0.1) is 6.92 Å². The highest BCUT2D eigenvalue weighted by molar-refractivity contribution is 7.89. The van der Waals surface area contributed by atoms with Gasteiger partial charge in [-0.05, 0) is 25.1 Å². The van der Waals surface area contributed by atoms with Crippen molar-refractivity contribution in [1.82, 2.24) is 9.62 Å². The summed E-state index contributed by atoms with van der Waals surface area (Å²) in [5, 5.41) is 3.29. The van der Waals surface area contributed by atoms with Crippen LogP contribution >= 0.6 is 12.4 Å². The fraction of sp³-hybridized carbons (Fsp3) is 0.333. The molecule has 1 saturated heterocycles. The lowest BCUT2D eigenvalue weighted by Crippen LogP contribution is -2.48. The summed E-state index contributed by atoms with van der Waals surface area (Å²) >= 11 is 0. The first-order valence-corrected chi connectivity index (χ1v) is 9.40. The third-order valence-corrected chi connectivity index (χ3v) is 6.24. The molecule has 1 aliphatic rings. The molecule has 1 fully saturated rings. The van der Waals surface area contributed by atoms with Crippen molar-refractivity contribution in [2.24, 2.45) is 0 Å². The largest absolute Gasteiger partial charge is 0.496 e. The maximum atomic E-state index is 13.1. The first-order valence-electron chi connectivity index (χ1n) is 7.96. The Morgan fingerprint density at radius 3 is 2.48 bits per heavy atom. The SMILES string of the molecule is COc1ccccc1C1CNCCN1S(=O)(=O)c1ccc(C)cc1.Cl. The van der Waals surface area contributed by atoms with E-state index in [2.05, 4.69) is 5.32 Å². The minimum absolute atomic E-state index is 0. The van der Waals surface area contributed by atoms with Crippen molar-refractivity contribution in [3.63, 3.8) is 0 Å². The van der Waals surface area contributed by atoms with E-state index >= 15 is 0 Å². The Kier molecular flexibility index (Phi) is 6.46. The summed E-state index contributed by atoms with van der Waals surface area (Å²) in [5.41, 5.74) is 1.92. The van der Waals surface area contributed by atoms with Gasteiger partial charge in [0.15, 0.2) is 0 Å². The molecule has 0 saturated carbocycles. The first kappa shape index (κ1) is 19.7. The van der Waals surface area contributed by atoms with Gasteiger partial charge in [-0.1, -0.05) is 35.9 Å². The van der Waals surface area contributed by atoms with Gasteiger partial charge < -0.3 is 10.1 Å². The summed E-state index contributed by atoms with van der Waals surface area (Å²) in [6.07, 6.45) is 0. The van der Waals surface area contributed by atoms with Gasteiger partial charge in [0.2, 0.25) is 10.0 Å². The summed E-state index contributed by atoms with van der Waals surface area (Å²) in [5.74, 6) is 0.704. The molecule has 0 aliphatic carbocycles. The Balaban J connectivity index is 0.00000225. The fourth-order valence-corrected chi connectivity index (χ4v) is 4.63. The zero-order chi connectivity index (χ0) is 17.2. The summed E-state index contributed by atoms with van der Waals surface area (Å²) < 4.78 is 33.3. The Bertz CT molecular complexity index is 809. The number of sulfonamides is 1. The predicted octanol–water partition coefficient (Wildman–Crippen LogP) is 2.76. The number of nitrogens with one attached hydrogen (secondary N) is 1. The molecule has 2 aromatic carbocycles. The molecule has 2 aromatic rings. The van der Waals surface area contributed by atoms with Gasteiger partial charge in [0.25, 0.3) is 0 Å². The zero-order valence-electron chi connectivity index (χ0n) is 14.3. The molecule has 0 radical (unpaired) electrons. The molecule has 1 unspecified atom stereocenters. The molecule has 0 amide bonds. The van der Waals surface area contributed by atoms with Gasteiger partial charge in [-0.15, -0.1) is 12.4 Å². The highest BCUT2D eigenvalue weighted by Gasteiger charge is 2.35. The topological polar surface area (TPSA) is 58.6 Å². The number of benzene rings is 2. The number of aryl methyl sites for hydroxylation is 1. The van der Waals surface area contributed by atoms with E-state index in [-0.39, 0.29) is 18.4 Å². The van der Waals surface area contributed by atoms with Crippen LogP contribution < -0.4 is 10.1 Å². The van der Waals surface area contributed by atoms with Crippen LogP contribution in [0.3, 0.4) is 0 Å². The van der Waals surface area contributed by atoms with Crippen molar-refractivity contribution in [3.8, 4) is 5.75 Å². The van der Waals surface area contributed by atoms with E-state index in [0.29, 0.717) is 30.3 Å². The van der Waals surface area contributed by atoms with Crippen molar-refractivity contribution in [2.45, 2.75) is 17.9 Å². The number of hydrogen-bond acceptors (Lipinski definition) is 4. The number of rotatable bonds is 4. The molecule has 1 aliphatic heterocycles. The van der Waals surface area contributed by atoms with Crippen molar-refractivity contribution < 1.29 is 13.2 Å². The lowest BCUT2D eigenvalue weighted by Gasteiger charge is -2.36. The molecule has 25 heavy (non-hydrogen) atoms. The fourth-order valence-electron chi connectivity index (χ4n) is 3.03. The van der Waals surface area contributed by atoms with Crippen LogP contribution in [0.25, 0.3) is 0 Å². The minimum Gasteiger partial charge on any atom is -0.496 e. The van der Waals surface area contributed by atoms with Crippen LogP contribution in [0.4, 0.5) is 0 Å². The van der Waals surface area contributed by atoms with Gasteiger partial charge >= 0.3 is 0 Å². The number of para-hydroxylation sites is 1. The average molecular weight is 383 g/mol. The second kappa shape index (κ2) is 8.19. The third kappa shape index (κ3) is 3.98. The summed E-state index contributed by atoms with van der Waals surface area (Å²) in [6, 6.07) is 14.3. The quantitative estimate of drug-likeness (QED) is 0.883. The van der Waals surface area contributed by atoms with Crippen molar-refractivity contribution >= 4 is 22.4 Å². The standard InChI is InChI=1S/C18H22N2O3S.ClH/c1-14-7-9-15(10-8-14)24(21,22)20-12-11-19-13-17(20)16-5-3-4-6-18(16)23-2;/h3-10,17,19H,11-13H2,1-2H3;1H. The van der Waals surface area contributed by atoms with Gasteiger partial charge in [0.05, 0.1) is 18.0 Å². The van der Waals surface area contributed by atoms with Crippen LogP contribution in [-0.2, 0) is 10.0 Å². The molecule has 1 N–H and O–H groups in total. The van der Waals surface area contributed by atoms with Crippen molar-refractivity contribution in [1.29, 1.82) is 0 Å². The summed E-state index contributed by atoms with van der Waals surface area (Å²) in [4.78, 5) is 0.329. The number of ether oxygens (including phenoxy) is 1. The molecular weight excluding hydrogens is 360 g/mol. The van der Waals surface area contributed by atoms with E-state index in [9.17, 15) is 8.42 Å². The van der Waals surface area contributed by atoms with E-state index < -0.39 is 10.0 Å². The normalized spacial score (nSPS) is 18.4. The Morgan fingerprint density at radius 1 is 1.12 bits per heavy atom.